The highest BCUT2D eigenvalue weighted by Gasteiger charge is 2.29. The largest absolute Gasteiger partial charge is 0.352 e. The molecule has 27 heavy (non-hydrogen) atoms. The molecular weight excluding hydrogens is 389 g/mol. The molecule has 1 fully saturated rings. The third-order valence-corrected chi connectivity index (χ3v) is 7.67. The van der Waals surface area contributed by atoms with Crippen molar-refractivity contribution in [1.82, 2.24) is 10.2 Å². The van der Waals surface area contributed by atoms with Crippen LogP contribution in [0.5, 0.6) is 0 Å². The van der Waals surface area contributed by atoms with E-state index in [1.54, 1.807) is 11.4 Å². The lowest BCUT2D eigenvalue weighted by Gasteiger charge is -2.30. The Morgan fingerprint density at radius 2 is 1.93 bits per heavy atom. The Labute approximate surface area is 162 Å². The predicted octanol–water partition coefficient (Wildman–Crippen LogP) is 2.29. The molecule has 0 radical (unpaired) electrons. The monoisotopic (exact) mass is 411 g/mol. The highest BCUT2D eigenvalue weighted by molar-refractivity contribution is 7.94. The van der Waals surface area contributed by atoms with Crippen molar-refractivity contribution in [2.24, 2.45) is 0 Å². The number of sulfonamides is 1. The fourth-order valence-corrected chi connectivity index (χ4v) is 5.52. The molecule has 1 aromatic heterocycles. The van der Waals surface area contributed by atoms with Gasteiger partial charge in [0.25, 0.3) is 10.0 Å². The molecule has 1 saturated heterocycles. The molecule has 146 valence electrons. The van der Waals surface area contributed by atoms with Gasteiger partial charge < -0.3 is 10.2 Å². The molecule has 0 atom stereocenters. The maximum Gasteiger partial charge on any atom is 0.274 e. The Balaban J connectivity index is 1.80. The van der Waals surface area contributed by atoms with E-state index in [9.17, 15) is 17.6 Å². The predicted molar refractivity (Wildman–Crippen MR) is 104 cm³/mol. The van der Waals surface area contributed by atoms with E-state index in [0.717, 1.165) is 41.6 Å². The average Bonchev–Trinajstić information content (AvgIpc) is 3.18. The molecule has 0 aliphatic carbocycles. The fraction of sp³-hybridized carbons (Fsp3) is 0.389. The van der Waals surface area contributed by atoms with Crippen LogP contribution in [0.25, 0.3) is 0 Å². The molecule has 2 aromatic rings. The molecule has 1 N–H and O–H groups in total. The van der Waals surface area contributed by atoms with Gasteiger partial charge in [-0.3, -0.25) is 9.10 Å². The molecule has 0 spiro atoms. The summed E-state index contributed by atoms with van der Waals surface area (Å²) >= 11 is 1.08. The molecule has 3 rings (SSSR count). The van der Waals surface area contributed by atoms with Crippen LogP contribution < -0.4 is 9.62 Å². The van der Waals surface area contributed by atoms with Crippen molar-refractivity contribution < 1.29 is 17.6 Å². The van der Waals surface area contributed by atoms with Crippen molar-refractivity contribution in [3.8, 4) is 0 Å². The number of piperidine rings is 1. The number of halogens is 1. The topological polar surface area (TPSA) is 69.7 Å². The summed E-state index contributed by atoms with van der Waals surface area (Å²) in [5.41, 5.74) is 0.253. The maximum atomic E-state index is 13.3. The Kier molecular flexibility index (Phi) is 6.13. The van der Waals surface area contributed by atoms with Crippen molar-refractivity contribution in [1.29, 1.82) is 0 Å². The molecule has 1 aromatic carbocycles. The first-order valence-corrected chi connectivity index (χ1v) is 11.0. The minimum Gasteiger partial charge on any atom is -0.352 e. The van der Waals surface area contributed by atoms with Crippen LogP contribution in [0.3, 0.4) is 0 Å². The van der Waals surface area contributed by atoms with E-state index in [2.05, 4.69) is 10.2 Å². The molecule has 0 bridgehead atoms. The smallest absolute Gasteiger partial charge is 0.274 e. The van der Waals surface area contributed by atoms with Gasteiger partial charge >= 0.3 is 0 Å². The summed E-state index contributed by atoms with van der Waals surface area (Å²) in [7, 11) is -1.88. The summed E-state index contributed by atoms with van der Waals surface area (Å²) in [6.45, 7) is 1.43. The normalized spacial score (nSPS) is 16.2. The van der Waals surface area contributed by atoms with Gasteiger partial charge in [0.15, 0.2) is 0 Å². The molecule has 1 amide bonds. The van der Waals surface area contributed by atoms with Crippen molar-refractivity contribution in [3.63, 3.8) is 0 Å². The van der Waals surface area contributed by atoms with Gasteiger partial charge in [-0.1, -0.05) is 6.07 Å². The summed E-state index contributed by atoms with van der Waals surface area (Å²) in [5.74, 6) is -0.836. The van der Waals surface area contributed by atoms with Crippen molar-refractivity contribution >= 4 is 33.0 Å². The van der Waals surface area contributed by atoms with Crippen LogP contribution in [0.1, 0.15) is 12.8 Å². The first kappa shape index (κ1) is 19.8. The lowest BCUT2D eigenvalue weighted by molar-refractivity contribution is -0.120. The van der Waals surface area contributed by atoms with Gasteiger partial charge in [0.1, 0.15) is 16.6 Å². The Morgan fingerprint density at radius 1 is 1.26 bits per heavy atom. The van der Waals surface area contributed by atoms with Crippen molar-refractivity contribution in [3.05, 3.63) is 47.6 Å². The molecule has 6 nitrogen and oxygen atoms in total. The van der Waals surface area contributed by atoms with Gasteiger partial charge in [-0.15, -0.1) is 11.3 Å². The highest BCUT2D eigenvalue weighted by Crippen LogP contribution is 2.26. The van der Waals surface area contributed by atoms with Gasteiger partial charge in [-0.2, -0.15) is 0 Å². The Bertz CT molecular complexity index is 862. The number of likely N-dealkylation sites (tertiary alicyclic amines) is 1. The minimum atomic E-state index is -3.91. The Hall–Kier alpha value is -1.97. The van der Waals surface area contributed by atoms with Gasteiger partial charge in [0, 0.05) is 6.04 Å². The highest BCUT2D eigenvalue weighted by atomic mass is 32.2. The number of carbonyl (C=O) groups is 1. The van der Waals surface area contributed by atoms with E-state index >= 15 is 0 Å². The quantitative estimate of drug-likeness (QED) is 0.792. The number of hydrogen-bond acceptors (Lipinski definition) is 5. The summed E-state index contributed by atoms with van der Waals surface area (Å²) in [6.07, 6.45) is 1.66. The molecular formula is C18H22FN3O3S2. The van der Waals surface area contributed by atoms with Gasteiger partial charge in [0.2, 0.25) is 5.91 Å². The minimum absolute atomic E-state index is 0.0354. The van der Waals surface area contributed by atoms with Crippen LogP contribution in [0.4, 0.5) is 10.1 Å². The summed E-state index contributed by atoms with van der Waals surface area (Å²) in [5, 5.41) is 4.59. The van der Waals surface area contributed by atoms with Gasteiger partial charge in [-0.05, 0) is 68.7 Å². The van der Waals surface area contributed by atoms with E-state index in [1.165, 1.54) is 30.3 Å². The summed E-state index contributed by atoms with van der Waals surface area (Å²) in [4.78, 5) is 14.7. The second kappa shape index (κ2) is 8.37. The number of benzene rings is 1. The first-order valence-electron chi connectivity index (χ1n) is 8.66. The number of hydrogen-bond donors (Lipinski definition) is 1. The molecule has 0 unspecified atom stereocenters. The zero-order chi connectivity index (χ0) is 19.4. The number of carbonyl (C=O) groups excluding carboxylic acids is 1. The van der Waals surface area contributed by atoms with E-state index in [-0.39, 0.29) is 28.4 Å². The van der Waals surface area contributed by atoms with E-state index < -0.39 is 15.8 Å². The standard InChI is InChI=1S/C18H22FN3O3S2/c1-21-10-8-15(9-11-21)20-17(23)13-22(16-6-4-14(19)5-7-16)27(24,25)18-3-2-12-26-18/h2-7,12,15H,8-11,13H2,1H3,(H,20,23). The molecule has 1 aliphatic heterocycles. The Morgan fingerprint density at radius 3 is 2.52 bits per heavy atom. The number of nitrogens with zero attached hydrogens (tertiary/aromatic N) is 2. The van der Waals surface area contributed by atoms with Crippen LogP contribution in [-0.4, -0.2) is 51.9 Å². The van der Waals surface area contributed by atoms with Crippen LogP contribution in [0.2, 0.25) is 0 Å². The van der Waals surface area contributed by atoms with Crippen LogP contribution >= 0.6 is 11.3 Å². The number of amides is 1. The number of nitrogens with one attached hydrogen (secondary N) is 1. The van der Waals surface area contributed by atoms with E-state index in [1.807, 2.05) is 7.05 Å². The second-order valence-electron chi connectivity index (χ2n) is 6.57. The SMILES string of the molecule is CN1CCC(NC(=O)CN(c2ccc(F)cc2)S(=O)(=O)c2cccs2)CC1. The number of thiophene rings is 1. The lowest BCUT2D eigenvalue weighted by Crippen LogP contribution is -2.47. The number of anilines is 1. The second-order valence-corrected chi connectivity index (χ2v) is 9.60. The van der Waals surface area contributed by atoms with E-state index in [4.69, 9.17) is 0 Å². The van der Waals surface area contributed by atoms with Crippen molar-refractivity contribution in [2.75, 3.05) is 31.0 Å². The first-order chi connectivity index (χ1) is 12.9. The third-order valence-electron chi connectivity index (χ3n) is 4.52. The number of rotatable bonds is 6. The van der Waals surface area contributed by atoms with Crippen molar-refractivity contribution in [2.45, 2.75) is 23.1 Å². The lowest BCUT2D eigenvalue weighted by atomic mass is 10.1. The fourth-order valence-electron chi connectivity index (χ4n) is 3.00. The summed E-state index contributed by atoms with van der Waals surface area (Å²) < 4.78 is 40.5. The summed E-state index contributed by atoms with van der Waals surface area (Å²) in [6, 6.07) is 8.26. The molecule has 1 aliphatic rings. The third kappa shape index (κ3) is 4.85. The van der Waals surface area contributed by atoms with Crippen LogP contribution in [0.15, 0.2) is 46.0 Å². The van der Waals surface area contributed by atoms with E-state index in [0.29, 0.717) is 0 Å². The van der Waals surface area contributed by atoms with Crippen LogP contribution in [-0.2, 0) is 14.8 Å². The zero-order valence-electron chi connectivity index (χ0n) is 15.0. The van der Waals surface area contributed by atoms with Gasteiger partial charge in [-0.25, -0.2) is 12.8 Å². The zero-order valence-corrected chi connectivity index (χ0v) is 16.6. The molecule has 9 heteroatoms. The molecule has 0 saturated carbocycles. The average molecular weight is 412 g/mol. The van der Waals surface area contributed by atoms with Crippen LogP contribution in [0, 0.1) is 5.82 Å². The molecule has 2 heterocycles. The van der Waals surface area contributed by atoms with Gasteiger partial charge in [0.05, 0.1) is 5.69 Å². The maximum absolute atomic E-state index is 13.3.